The predicted octanol–water partition coefficient (Wildman–Crippen LogP) is 1.14. The number of aromatic hydroxyl groups is 1. The van der Waals surface area contributed by atoms with E-state index in [0.29, 0.717) is 5.69 Å². The van der Waals surface area contributed by atoms with Gasteiger partial charge < -0.3 is 15.1 Å². The van der Waals surface area contributed by atoms with Crippen LogP contribution in [0.15, 0.2) is 18.2 Å². The summed E-state index contributed by atoms with van der Waals surface area (Å²) in [5, 5.41) is 19.2. The zero-order valence-corrected chi connectivity index (χ0v) is 8.61. The highest BCUT2D eigenvalue weighted by Gasteiger charge is 2.30. The van der Waals surface area contributed by atoms with Crippen LogP contribution in [0.2, 0.25) is 5.02 Å². The number of anilines is 1. The third kappa shape index (κ3) is 1.78. The molecule has 80 valence electrons. The number of rotatable bonds is 1. The standard InChI is InChI=1S/C10H10ClNO3/c11-7-2-1-3-8(10(7)15)12-5-6(13)4-9(12)14/h1-3,6,13,15H,4-5H2. The van der Waals surface area contributed by atoms with Crippen LogP contribution < -0.4 is 4.90 Å². The Kier molecular flexibility index (Phi) is 2.54. The molecule has 1 amide bonds. The lowest BCUT2D eigenvalue weighted by molar-refractivity contribution is -0.117. The fourth-order valence-corrected chi connectivity index (χ4v) is 1.81. The molecule has 4 nitrogen and oxygen atoms in total. The second-order valence-electron chi connectivity index (χ2n) is 3.47. The summed E-state index contributed by atoms with van der Waals surface area (Å²) in [5.41, 5.74) is 0.351. The third-order valence-corrected chi connectivity index (χ3v) is 2.67. The Bertz CT molecular complexity index is 408. The summed E-state index contributed by atoms with van der Waals surface area (Å²) >= 11 is 5.73. The first-order valence-electron chi connectivity index (χ1n) is 4.55. The molecule has 0 spiro atoms. The van der Waals surface area contributed by atoms with Crippen LogP contribution in [0.3, 0.4) is 0 Å². The number of hydrogen-bond acceptors (Lipinski definition) is 3. The predicted molar refractivity (Wildman–Crippen MR) is 56.1 cm³/mol. The molecule has 2 N–H and O–H groups in total. The summed E-state index contributed by atoms with van der Waals surface area (Å²) < 4.78 is 0. The van der Waals surface area contributed by atoms with Gasteiger partial charge in [0.05, 0.1) is 29.8 Å². The molecule has 5 heteroatoms. The summed E-state index contributed by atoms with van der Waals surface area (Å²) in [6.07, 6.45) is -0.581. The van der Waals surface area contributed by atoms with Crippen molar-refractivity contribution in [1.82, 2.24) is 0 Å². The number of amides is 1. The molecule has 2 rings (SSSR count). The molecule has 0 aromatic heterocycles. The van der Waals surface area contributed by atoms with E-state index < -0.39 is 6.10 Å². The van der Waals surface area contributed by atoms with E-state index in [1.165, 1.54) is 11.0 Å². The van der Waals surface area contributed by atoms with E-state index in [9.17, 15) is 15.0 Å². The van der Waals surface area contributed by atoms with Crippen LogP contribution in [0, 0.1) is 0 Å². The topological polar surface area (TPSA) is 60.8 Å². The van der Waals surface area contributed by atoms with E-state index in [-0.39, 0.29) is 29.6 Å². The van der Waals surface area contributed by atoms with Crippen LogP contribution in [-0.4, -0.2) is 28.8 Å². The lowest BCUT2D eigenvalue weighted by Crippen LogP contribution is -2.25. The van der Waals surface area contributed by atoms with Crippen molar-refractivity contribution in [2.75, 3.05) is 11.4 Å². The number of phenols is 1. The Hall–Kier alpha value is -1.26. The molecule has 1 unspecified atom stereocenters. The number of nitrogens with zero attached hydrogens (tertiary/aromatic N) is 1. The maximum absolute atomic E-state index is 11.5. The van der Waals surface area contributed by atoms with Crippen LogP contribution in [0.5, 0.6) is 5.75 Å². The van der Waals surface area contributed by atoms with E-state index >= 15 is 0 Å². The van der Waals surface area contributed by atoms with Gasteiger partial charge in [0.15, 0.2) is 5.75 Å². The van der Waals surface area contributed by atoms with E-state index in [0.717, 1.165) is 0 Å². The number of β-amino-alcohol motifs (C(OH)–C–C–N with tert-alkyl or cyclic N) is 1. The largest absolute Gasteiger partial charge is 0.504 e. The molecule has 0 radical (unpaired) electrons. The lowest BCUT2D eigenvalue weighted by Gasteiger charge is -2.17. The molecule has 1 aliphatic rings. The molecule has 1 aliphatic heterocycles. The SMILES string of the molecule is O=C1CC(O)CN1c1cccc(Cl)c1O. The molecular formula is C10H10ClNO3. The van der Waals surface area contributed by atoms with E-state index in [4.69, 9.17) is 11.6 Å². The van der Waals surface area contributed by atoms with Gasteiger partial charge in [0, 0.05) is 0 Å². The molecule has 1 fully saturated rings. The number of benzene rings is 1. The summed E-state index contributed by atoms with van der Waals surface area (Å²) in [5.74, 6) is -0.332. The van der Waals surface area contributed by atoms with Gasteiger partial charge in [-0.1, -0.05) is 17.7 Å². The normalized spacial score (nSPS) is 21.1. The lowest BCUT2D eigenvalue weighted by atomic mass is 10.2. The molecule has 0 saturated carbocycles. The summed E-state index contributed by atoms with van der Waals surface area (Å²) in [7, 11) is 0. The second kappa shape index (κ2) is 3.72. The van der Waals surface area contributed by atoms with Crippen molar-refractivity contribution in [2.45, 2.75) is 12.5 Å². The first kappa shape index (κ1) is 10.3. The van der Waals surface area contributed by atoms with Gasteiger partial charge in [-0.25, -0.2) is 0 Å². The number of carbonyl (C=O) groups is 1. The highest BCUT2D eigenvalue weighted by Crippen LogP contribution is 2.35. The summed E-state index contributed by atoms with van der Waals surface area (Å²) in [6.45, 7) is 0.201. The van der Waals surface area contributed by atoms with Crippen LogP contribution in [0.4, 0.5) is 5.69 Å². The second-order valence-corrected chi connectivity index (χ2v) is 3.88. The average molecular weight is 228 g/mol. The molecular weight excluding hydrogens is 218 g/mol. The van der Waals surface area contributed by atoms with Gasteiger partial charge in [0.2, 0.25) is 5.91 Å². The number of phenolic OH excluding ortho intramolecular Hbond substituents is 1. The van der Waals surface area contributed by atoms with Gasteiger partial charge in [0.1, 0.15) is 0 Å². The summed E-state index contributed by atoms with van der Waals surface area (Å²) in [4.78, 5) is 12.8. The van der Waals surface area contributed by atoms with Gasteiger partial charge in [0.25, 0.3) is 0 Å². The minimum Gasteiger partial charge on any atom is -0.504 e. The van der Waals surface area contributed by atoms with Crippen molar-refractivity contribution >= 4 is 23.2 Å². The smallest absolute Gasteiger partial charge is 0.229 e. The molecule has 15 heavy (non-hydrogen) atoms. The fraction of sp³-hybridized carbons (Fsp3) is 0.300. The van der Waals surface area contributed by atoms with Crippen molar-refractivity contribution in [3.63, 3.8) is 0 Å². The van der Waals surface area contributed by atoms with Gasteiger partial charge in [-0.2, -0.15) is 0 Å². The minimum atomic E-state index is -0.670. The molecule has 1 saturated heterocycles. The van der Waals surface area contributed by atoms with Crippen molar-refractivity contribution in [2.24, 2.45) is 0 Å². The molecule has 1 aromatic carbocycles. The number of aliphatic hydroxyl groups excluding tert-OH is 1. The van der Waals surface area contributed by atoms with E-state index in [2.05, 4.69) is 0 Å². The van der Waals surface area contributed by atoms with Crippen LogP contribution in [0.25, 0.3) is 0 Å². The number of aliphatic hydroxyl groups is 1. The zero-order chi connectivity index (χ0) is 11.0. The zero-order valence-electron chi connectivity index (χ0n) is 7.85. The van der Waals surface area contributed by atoms with Crippen molar-refractivity contribution in [3.05, 3.63) is 23.2 Å². The maximum Gasteiger partial charge on any atom is 0.229 e. The van der Waals surface area contributed by atoms with Crippen molar-refractivity contribution < 1.29 is 15.0 Å². The first-order valence-corrected chi connectivity index (χ1v) is 4.93. The Morgan fingerprint density at radius 3 is 2.80 bits per heavy atom. The van der Waals surface area contributed by atoms with Crippen LogP contribution in [-0.2, 0) is 4.79 Å². The molecule has 0 bridgehead atoms. The van der Waals surface area contributed by atoms with Crippen LogP contribution >= 0.6 is 11.6 Å². The monoisotopic (exact) mass is 227 g/mol. The average Bonchev–Trinajstić information content (AvgIpc) is 2.50. The quantitative estimate of drug-likeness (QED) is 0.757. The van der Waals surface area contributed by atoms with Gasteiger partial charge in [-0.05, 0) is 12.1 Å². The highest BCUT2D eigenvalue weighted by molar-refractivity contribution is 6.32. The Morgan fingerprint density at radius 1 is 1.47 bits per heavy atom. The number of carbonyl (C=O) groups excluding carboxylic acids is 1. The Labute approximate surface area is 91.7 Å². The number of halogens is 1. The van der Waals surface area contributed by atoms with E-state index in [1.54, 1.807) is 12.1 Å². The molecule has 1 heterocycles. The maximum atomic E-state index is 11.5. The van der Waals surface area contributed by atoms with Gasteiger partial charge in [-0.15, -0.1) is 0 Å². The highest BCUT2D eigenvalue weighted by atomic mass is 35.5. The van der Waals surface area contributed by atoms with Crippen molar-refractivity contribution in [1.29, 1.82) is 0 Å². The first-order chi connectivity index (χ1) is 7.09. The number of para-hydroxylation sites is 1. The van der Waals surface area contributed by atoms with Gasteiger partial charge >= 0.3 is 0 Å². The summed E-state index contributed by atoms with van der Waals surface area (Å²) in [6, 6.07) is 4.78. The molecule has 0 aliphatic carbocycles. The Morgan fingerprint density at radius 2 is 2.20 bits per heavy atom. The fourth-order valence-electron chi connectivity index (χ4n) is 1.64. The minimum absolute atomic E-state index is 0.0892. The van der Waals surface area contributed by atoms with Gasteiger partial charge in [-0.3, -0.25) is 4.79 Å². The number of hydrogen-bond donors (Lipinski definition) is 2. The Balaban J connectivity index is 2.38. The molecule has 1 aromatic rings. The third-order valence-electron chi connectivity index (χ3n) is 2.36. The molecule has 1 atom stereocenters. The van der Waals surface area contributed by atoms with Crippen molar-refractivity contribution in [3.8, 4) is 5.75 Å². The van der Waals surface area contributed by atoms with E-state index in [1.807, 2.05) is 0 Å². The van der Waals surface area contributed by atoms with Crippen LogP contribution in [0.1, 0.15) is 6.42 Å².